The Labute approximate surface area is 115 Å². The Morgan fingerprint density at radius 1 is 1.17 bits per heavy atom. The van der Waals surface area contributed by atoms with Gasteiger partial charge in [0.1, 0.15) is 0 Å². The first-order valence-corrected chi connectivity index (χ1v) is 6.80. The minimum absolute atomic E-state index is 0.107. The number of aryl methyl sites for hydroxylation is 2. The lowest BCUT2D eigenvalue weighted by molar-refractivity contribution is 0.880. The number of imidazole rings is 1. The third-order valence-electron chi connectivity index (χ3n) is 2.19. The van der Waals surface area contributed by atoms with Crippen molar-refractivity contribution in [2.75, 3.05) is 0 Å². The van der Waals surface area contributed by atoms with E-state index in [9.17, 15) is 4.79 Å². The second-order valence-corrected chi connectivity index (χ2v) is 4.25. The summed E-state index contributed by atoms with van der Waals surface area (Å²) < 4.78 is 2.95. The second-order valence-electron chi connectivity index (χ2n) is 3.85. The van der Waals surface area contributed by atoms with Gasteiger partial charge in [0.05, 0.1) is 11.0 Å². The minimum atomic E-state index is -0.107. The molecular weight excluding hydrogens is 244 g/mol. The van der Waals surface area contributed by atoms with Gasteiger partial charge in [0.25, 0.3) is 0 Å². The van der Waals surface area contributed by atoms with Crippen molar-refractivity contribution in [3.63, 3.8) is 0 Å². The van der Waals surface area contributed by atoms with Crippen LogP contribution in [0.1, 0.15) is 39.7 Å². The van der Waals surface area contributed by atoms with E-state index in [0.29, 0.717) is 0 Å². The molecule has 18 heavy (non-hydrogen) atoms. The van der Waals surface area contributed by atoms with Gasteiger partial charge in [0, 0.05) is 7.05 Å². The van der Waals surface area contributed by atoms with E-state index in [1.807, 2.05) is 39.0 Å². The van der Waals surface area contributed by atoms with Crippen molar-refractivity contribution < 1.29 is 0 Å². The Hall–Kier alpha value is -1.16. The molecule has 0 unspecified atom stereocenters. The van der Waals surface area contributed by atoms with Crippen molar-refractivity contribution in [3.05, 3.63) is 34.2 Å². The number of hydrogen-bond acceptors (Lipinski definition) is 2. The highest BCUT2D eigenvalue weighted by Crippen LogP contribution is 2.14. The van der Waals surface area contributed by atoms with E-state index in [4.69, 9.17) is 0 Å². The molecular formula is C14H24N2OS. The Balaban J connectivity index is 0.000000509. The van der Waals surface area contributed by atoms with E-state index in [1.165, 1.54) is 10.4 Å². The molecule has 1 heterocycles. The number of aromatic nitrogens is 2. The maximum Gasteiger partial charge on any atom is 0.338 e. The highest BCUT2D eigenvalue weighted by Gasteiger charge is 2.06. The summed E-state index contributed by atoms with van der Waals surface area (Å²) in [5.74, 6) is 0. The molecule has 0 saturated carbocycles. The fraction of sp³-hybridized carbons (Fsp3) is 0.500. The van der Waals surface area contributed by atoms with E-state index in [0.717, 1.165) is 16.6 Å². The largest absolute Gasteiger partial charge is 0.338 e. The SMILES string of the molecule is CC.CCC.Cc1ccc2c(c1)n(C)c(=O)n2S. The molecule has 0 amide bonds. The Kier molecular flexibility index (Phi) is 7.51. The van der Waals surface area contributed by atoms with Crippen LogP contribution in [0.25, 0.3) is 11.0 Å². The van der Waals surface area contributed by atoms with Crippen LogP contribution in [-0.2, 0) is 7.05 Å². The molecule has 0 spiro atoms. The van der Waals surface area contributed by atoms with E-state index in [1.54, 1.807) is 11.6 Å². The first kappa shape index (κ1) is 16.8. The lowest BCUT2D eigenvalue weighted by Crippen LogP contribution is -2.16. The van der Waals surface area contributed by atoms with E-state index in [-0.39, 0.29) is 5.69 Å². The van der Waals surface area contributed by atoms with Crippen LogP contribution >= 0.6 is 12.8 Å². The highest BCUT2D eigenvalue weighted by molar-refractivity contribution is 7.78. The number of rotatable bonds is 0. The summed E-state index contributed by atoms with van der Waals surface area (Å²) in [7, 11) is 1.75. The fourth-order valence-corrected chi connectivity index (χ4v) is 1.73. The average molecular weight is 268 g/mol. The summed E-state index contributed by atoms with van der Waals surface area (Å²) in [6, 6.07) is 5.84. The van der Waals surface area contributed by atoms with Crippen molar-refractivity contribution in [3.8, 4) is 0 Å². The van der Waals surface area contributed by atoms with Gasteiger partial charge in [-0.3, -0.25) is 4.57 Å². The van der Waals surface area contributed by atoms with Crippen molar-refractivity contribution in [1.29, 1.82) is 0 Å². The van der Waals surface area contributed by atoms with E-state index in [2.05, 4.69) is 26.7 Å². The molecule has 0 aliphatic rings. The molecule has 0 saturated heterocycles. The number of hydrogen-bond donors (Lipinski definition) is 1. The molecule has 2 rings (SSSR count). The lowest BCUT2D eigenvalue weighted by atomic mass is 10.2. The molecule has 102 valence electrons. The zero-order chi connectivity index (χ0) is 14.3. The van der Waals surface area contributed by atoms with Crippen LogP contribution in [0.4, 0.5) is 0 Å². The summed E-state index contributed by atoms with van der Waals surface area (Å²) in [6.45, 7) is 10.2. The summed E-state index contributed by atoms with van der Waals surface area (Å²) in [6.07, 6.45) is 1.25. The zero-order valence-corrected chi connectivity index (χ0v) is 13.1. The van der Waals surface area contributed by atoms with Gasteiger partial charge in [-0.05, 0) is 24.6 Å². The third-order valence-corrected chi connectivity index (χ3v) is 2.58. The van der Waals surface area contributed by atoms with Gasteiger partial charge >= 0.3 is 5.69 Å². The van der Waals surface area contributed by atoms with Gasteiger partial charge < -0.3 is 0 Å². The molecule has 4 heteroatoms. The topological polar surface area (TPSA) is 26.9 Å². The molecule has 0 bridgehead atoms. The molecule has 0 radical (unpaired) electrons. The van der Waals surface area contributed by atoms with Crippen molar-refractivity contribution in [2.24, 2.45) is 7.05 Å². The van der Waals surface area contributed by atoms with Gasteiger partial charge in [0.2, 0.25) is 0 Å². The number of fused-ring (bicyclic) bond motifs is 1. The molecule has 1 aromatic carbocycles. The zero-order valence-electron chi connectivity index (χ0n) is 12.2. The number of benzene rings is 1. The minimum Gasteiger partial charge on any atom is -0.294 e. The lowest BCUT2D eigenvalue weighted by Gasteiger charge is -1.95. The van der Waals surface area contributed by atoms with Crippen molar-refractivity contribution >= 4 is 23.8 Å². The number of nitrogens with zero attached hydrogens (tertiary/aromatic N) is 2. The molecule has 0 N–H and O–H groups in total. The van der Waals surface area contributed by atoms with E-state index >= 15 is 0 Å². The second kappa shape index (κ2) is 8.03. The smallest absolute Gasteiger partial charge is 0.294 e. The standard InChI is InChI=1S/C9H10N2OS.C3H8.C2H6/c1-6-3-4-7-8(5-6)10(2)9(12)11(7)13;1-3-2;1-2/h3-5,13H,1-2H3;3H2,1-2H3;1-2H3. The third kappa shape index (κ3) is 3.67. The fourth-order valence-electron chi connectivity index (χ4n) is 1.43. The molecule has 0 aliphatic heterocycles. The van der Waals surface area contributed by atoms with Gasteiger partial charge in [-0.25, -0.2) is 8.77 Å². The normalized spacial score (nSPS) is 9.28. The van der Waals surface area contributed by atoms with Gasteiger partial charge in [0.15, 0.2) is 0 Å². The first-order valence-electron chi connectivity index (χ1n) is 6.40. The molecule has 0 fully saturated rings. The van der Waals surface area contributed by atoms with Crippen LogP contribution in [-0.4, -0.2) is 8.54 Å². The molecule has 0 aliphatic carbocycles. The molecule has 2 aromatic rings. The van der Waals surface area contributed by atoms with Crippen molar-refractivity contribution in [1.82, 2.24) is 8.54 Å². The van der Waals surface area contributed by atoms with Gasteiger partial charge in [-0.1, -0.05) is 53.0 Å². The predicted octanol–water partition coefficient (Wildman–Crippen LogP) is 3.78. The number of thiol groups is 1. The maximum absolute atomic E-state index is 11.4. The van der Waals surface area contributed by atoms with Crippen LogP contribution in [0.5, 0.6) is 0 Å². The highest BCUT2D eigenvalue weighted by atomic mass is 32.1. The van der Waals surface area contributed by atoms with Crippen LogP contribution in [0.2, 0.25) is 0 Å². The summed E-state index contributed by atoms with van der Waals surface area (Å²) in [4.78, 5) is 11.4. The predicted molar refractivity (Wildman–Crippen MR) is 83.6 cm³/mol. The quantitative estimate of drug-likeness (QED) is 0.723. The monoisotopic (exact) mass is 268 g/mol. The summed E-state index contributed by atoms with van der Waals surface area (Å²) in [5.41, 5.74) is 2.80. The van der Waals surface area contributed by atoms with Crippen LogP contribution in [0.3, 0.4) is 0 Å². The van der Waals surface area contributed by atoms with Crippen LogP contribution in [0, 0.1) is 6.92 Å². The van der Waals surface area contributed by atoms with Gasteiger partial charge in [-0.2, -0.15) is 0 Å². The summed E-state index contributed by atoms with van der Waals surface area (Å²) in [5, 5.41) is 0. The average Bonchev–Trinajstić information content (AvgIpc) is 2.58. The van der Waals surface area contributed by atoms with Gasteiger partial charge in [-0.15, -0.1) is 0 Å². The van der Waals surface area contributed by atoms with E-state index < -0.39 is 0 Å². The first-order chi connectivity index (χ1) is 8.52. The molecule has 0 atom stereocenters. The Morgan fingerprint density at radius 3 is 2.17 bits per heavy atom. The van der Waals surface area contributed by atoms with Crippen LogP contribution < -0.4 is 5.69 Å². The maximum atomic E-state index is 11.4. The van der Waals surface area contributed by atoms with Crippen molar-refractivity contribution in [2.45, 2.75) is 41.0 Å². The Bertz CT molecular complexity index is 540. The molecule has 1 aromatic heterocycles. The Morgan fingerprint density at radius 2 is 1.67 bits per heavy atom. The summed E-state index contributed by atoms with van der Waals surface area (Å²) >= 11 is 4.10. The van der Waals surface area contributed by atoms with Crippen LogP contribution in [0.15, 0.2) is 23.0 Å². The molecule has 3 nitrogen and oxygen atoms in total.